The highest BCUT2D eigenvalue weighted by atomic mass is 16.6. The molecule has 2 aliphatic rings. The fourth-order valence-corrected chi connectivity index (χ4v) is 6.50. The van der Waals surface area contributed by atoms with E-state index < -0.39 is 24.3 Å². The topological polar surface area (TPSA) is 117 Å². The Kier molecular flexibility index (Phi) is 12.3. The lowest BCUT2D eigenvalue weighted by Crippen LogP contribution is -2.51. The van der Waals surface area contributed by atoms with E-state index in [1.165, 1.54) is 9.80 Å². The molecule has 10 nitrogen and oxygen atoms in total. The minimum Gasteiger partial charge on any atom is -0.445 e. The van der Waals surface area contributed by atoms with E-state index in [2.05, 4.69) is 17.2 Å². The summed E-state index contributed by atoms with van der Waals surface area (Å²) >= 11 is 0. The molecule has 0 aliphatic carbocycles. The summed E-state index contributed by atoms with van der Waals surface area (Å²) in [6.45, 7) is 5.25. The molecule has 2 atom stereocenters. The Hall–Kier alpha value is -6.16. The summed E-state index contributed by atoms with van der Waals surface area (Å²) < 4.78 is 11.0. The molecule has 0 bridgehead atoms. The molecular formula is C43H44N4O6. The van der Waals surface area contributed by atoms with Gasteiger partial charge in [0.25, 0.3) is 5.91 Å². The SMILES string of the molecule is C=C1CCCN(C(=O)OCc2ccccc2)[C@@H]1C(=O)Nc1ccc(/C=C/c2ccc(NC(=O)[C@@H]3CCCCN3C(=O)OCc3ccccc3)cc2)cc1. The van der Waals surface area contributed by atoms with Crippen LogP contribution in [0.2, 0.25) is 0 Å². The molecule has 10 heteroatoms. The Bertz CT molecular complexity index is 1910. The third-order valence-electron chi connectivity index (χ3n) is 9.35. The first-order valence-electron chi connectivity index (χ1n) is 18.0. The van der Waals surface area contributed by atoms with E-state index in [1.807, 2.05) is 121 Å². The van der Waals surface area contributed by atoms with Crippen LogP contribution in [0.4, 0.5) is 21.0 Å². The van der Waals surface area contributed by atoms with Crippen LogP contribution in [0.25, 0.3) is 12.2 Å². The number of hydrogen-bond donors (Lipinski definition) is 2. The summed E-state index contributed by atoms with van der Waals surface area (Å²) in [7, 11) is 0. The Morgan fingerprint density at radius 3 is 1.66 bits per heavy atom. The maximum Gasteiger partial charge on any atom is 0.411 e. The number of hydrogen-bond acceptors (Lipinski definition) is 6. The fraction of sp³-hybridized carbons (Fsp3) is 0.256. The van der Waals surface area contributed by atoms with Crippen LogP contribution >= 0.6 is 0 Å². The first-order valence-corrected chi connectivity index (χ1v) is 18.0. The van der Waals surface area contributed by atoms with E-state index >= 15 is 0 Å². The Morgan fingerprint density at radius 1 is 0.623 bits per heavy atom. The van der Waals surface area contributed by atoms with Crippen molar-refractivity contribution in [1.82, 2.24) is 9.80 Å². The summed E-state index contributed by atoms with van der Waals surface area (Å²) in [5.74, 6) is -0.568. The molecule has 53 heavy (non-hydrogen) atoms. The Labute approximate surface area is 310 Å². The van der Waals surface area contributed by atoms with E-state index in [1.54, 1.807) is 0 Å². The highest BCUT2D eigenvalue weighted by Gasteiger charge is 2.36. The lowest BCUT2D eigenvalue weighted by molar-refractivity contribution is -0.122. The number of carbonyl (C=O) groups is 4. The van der Waals surface area contributed by atoms with Gasteiger partial charge in [0.05, 0.1) is 0 Å². The van der Waals surface area contributed by atoms with Crippen molar-refractivity contribution in [2.75, 3.05) is 23.7 Å². The Balaban J connectivity index is 0.994. The van der Waals surface area contributed by atoms with Crippen molar-refractivity contribution in [2.45, 2.75) is 57.4 Å². The normalized spacial score (nSPS) is 17.2. The summed E-state index contributed by atoms with van der Waals surface area (Å²) in [5.41, 5.74) is 5.53. The number of ether oxygens (including phenoxy) is 2. The lowest BCUT2D eigenvalue weighted by Gasteiger charge is -2.35. The summed E-state index contributed by atoms with van der Waals surface area (Å²) in [4.78, 5) is 55.5. The number of piperidine rings is 2. The molecule has 0 spiro atoms. The number of benzene rings is 4. The second kappa shape index (κ2) is 17.9. The van der Waals surface area contributed by atoms with Crippen LogP contribution < -0.4 is 10.6 Å². The zero-order valence-corrected chi connectivity index (χ0v) is 29.6. The van der Waals surface area contributed by atoms with Gasteiger partial charge in [0.2, 0.25) is 5.91 Å². The summed E-state index contributed by atoms with van der Waals surface area (Å²) in [5, 5.41) is 5.89. The highest BCUT2D eigenvalue weighted by Crippen LogP contribution is 2.25. The minimum absolute atomic E-state index is 0.127. The van der Waals surface area contributed by atoms with E-state index in [4.69, 9.17) is 9.47 Å². The van der Waals surface area contributed by atoms with Crippen LogP contribution in [0.3, 0.4) is 0 Å². The molecule has 2 aliphatic heterocycles. The molecule has 6 rings (SSSR count). The molecule has 272 valence electrons. The monoisotopic (exact) mass is 712 g/mol. The molecular weight excluding hydrogens is 668 g/mol. The second-order valence-electron chi connectivity index (χ2n) is 13.2. The molecule has 0 aromatic heterocycles. The molecule has 0 saturated carbocycles. The average molecular weight is 713 g/mol. The van der Waals surface area contributed by atoms with Gasteiger partial charge < -0.3 is 20.1 Å². The standard InChI is InChI=1S/C43H44N4O6/c1-31-11-10-28-47(43(51)53-30-35-14-6-3-7-15-35)39(31)41(49)45-37-25-21-33(22-26-37)18-17-32-19-23-36(24-20-32)44-40(48)38-16-8-9-27-46(38)42(50)52-29-34-12-4-2-5-13-34/h2-7,12-15,17-26,38-39H,1,8-11,16,27-30H2,(H,44,48)(H,45,49)/b18-17+/t38-,39-/m0/s1. The van der Waals surface area contributed by atoms with Gasteiger partial charge in [0.1, 0.15) is 25.3 Å². The number of amides is 4. The van der Waals surface area contributed by atoms with Crippen molar-refractivity contribution in [1.29, 1.82) is 0 Å². The predicted molar refractivity (Wildman–Crippen MR) is 206 cm³/mol. The zero-order chi connectivity index (χ0) is 37.0. The third-order valence-corrected chi connectivity index (χ3v) is 9.35. The molecule has 2 N–H and O–H groups in total. The lowest BCUT2D eigenvalue weighted by atomic mass is 9.96. The van der Waals surface area contributed by atoms with Gasteiger partial charge in [0.15, 0.2) is 0 Å². The number of anilines is 2. The molecule has 2 saturated heterocycles. The average Bonchev–Trinajstić information content (AvgIpc) is 3.20. The van der Waals surface area contributed by atoms with Crippen LogP contribution in [0, 0.1) is 0 Å². The van der Waals surface area contributed by atoms with Crippen molar-refractivity contribution >= 4 is 47.5 Å². The molecule has 4 aromatic rings. The van der Waals surface area contributed by atoms with Crippen molar-refractivity contribution < 1.29 is 28.7 Å². The second-order valence-corrected chi connectivity index (χ2v) is 13.2. The van der Waals surface area contributed by atoms with Crippen molar-refractivity contribution in [3.8, 4) is 0 Å². The number of nitrogens with zero attached hydrogens (tertiary/aromatic N) is 2. The Morgan fingerprint density at radius 2 is 1.11 bits per heavy atom. The molecule has 2 heterocycles. The molecule has 4 aromatic carbocycles. The number of likely N-dealkylation sites (tertiary alicyclic amines) is 2. The van der Waals surface area contributed by atoms with E-state index in [0.29, 0.717) is 49.3 Å². The van der Waals surface area contributed by atoms with Crippen molar-refractivity contribution in [3.63, 3.8) is 0 Å². The van der Waals surface area contributed by atoms with E-state index in [0.717, 1.165) is 35.1 Å². The van der Waals surface area contributed by atoms with Crippen molar-refractivity contribution in [2.24, 2.45) is 0 Å². The van der Waals surface area contributed by atoms with Crippen LogP contribution in [-0.2, 0) is 32.3 Å². The van der Waals surface area contributed by atoms with Gasteiger partial charge in [0, 0.05) is 24.5 Å². The van der Waals surface area contributed by atoms with E-state index in [9.17, 15) is 19.2 Å². The fourth-order valence-electron chi connectivity index (χ4n) is 6.50. The van der Waals surface area contributed by atoms with Crippen molar-refractivity contribution in [3.05, 3.63) is 144 Å². The maximum absolute atomic E-state index is 13.4. The predicted octanol–water partition coefficient (Wildman–Crippen LogP) is 8.28. The number of rotatable bonds is 10. The molecule has 4 amide bonds. The van der Waals surface area contributed by atoms with Gasteiger partial charge in [-0.25, -0.2) is 9.59 Å². The van der Waals surface area contributed by atoms with Gasteiger partial charge in [-0.3, -0.25) is 19.4 Å². The largest absolute Gasteiger partial charge is 0.445 e. The first-order chi connectivity index (χ1) is 25.8. The maximum atomic E-state index is 13.4. The highest BCUT2D eigenvalue weighted by molar-refractivity contribution is 5.99. The van der Waals surface area contributed by atoms with Gasteiger partial charge in [-0.2, -0.15) is 0 Å². The van der Waals surface area contributed by atoms with E-state index in [-0.39, 0.29) is 25.0 Å². The van der Waals surface area contributed by atoms with Gasteiger partial charge >= 0.3 is 12.2 Å². The van der Waals surface area contributed by atoms with Crippen LogP contribution in [-0.4, -0.2) is 59.0 Å². The number of nitrogens with one attached hydrogen (secondary N) is 2. The zero-order valence-electron chi connectivity index (χ0n) is 29.6. The quantitative estimate of drug-likeness (QED) is 0.126. The van der Waals surface area contributed by atoms with Gasteiger partial charge in [-0.15, -0.1) is 0 Å². The first kappa shape index (κ1) is 36.6. The van der Waals surface area contributed by atoms with Crippen LogP contribution in [0.5, 0.6) is 0 Å². The van der Waals surface area contributed by atoms with Crippen LogP contribution in [0.1, 0.15) is 54.4 Å². The molecule has 0 unspecified atom stereocenters. The smallest absolute Gasteiger partial charge is 0.411 e. The minimum atomic E-state index is -0.817. The number of carbonyl (C=O) groups excluding carboxylic acids is 4. The molecule has 0 radical (unpaired) electrons. The van der Waals surface area contributed by atoms with Gasteiger partial charge in [-0.05, 0) is 84.2 Å². The summed E-state index contributed by atoms with van der Waals surface area (Å²) in [6, 6.07) is 32.4. The summed E-state index contributed by atoms with van der Waals surface area (Å²) in [6.07, 6.45) is 6.51. The third kappa shape index (κ3) is 10.0. The van der Waals surface area contributed by atoms with Crippen LogP contribution in [0.15, 0.2) is 121 Å². The molecule has 2 fully saturated rings. The van der Waals surface area contributed by atoms with Gasteiger partial charge in [-0.1, -0.05) is 104 Å².